The zero-order valence-corrected chi connectivity index (χ0v) is 31.6. The Bertz CT molecular complexity index is 900. The molecule has 0 saturated heterocycles. The number of esters is 1. The number of unbranched alkanes of at least 4 members (excludes halogenated alkanes) is 20. The Balaban J connectivity index is 3.65. The van der Waals surface area contributed by atoms with Crippen LogP contribution in [0.15, 0.2) is 12.2 Å². The second-order valence-electron chi connectivity index (χ2n) is 13.1. The van der Waals surface area contributed by atoms with Crippen LogP contribution in [0.2, 0.25) is 0 Å². The molecule has 11 nitrogen and oxygen atoms in total. The van der Waals surface area contributed by atoms with Gasteiger partial charge in [0.05, 0.1) is 13.2 Å². The fourth-order valence-corrected chi connectivity index (χ4v) is 6.00. The number of carboxylic acids is 1. The summed E-state index contributed by atoms with van der Waals surface area (Å²) in [6.07, 6.45) is 31.3. The van der Waals surface area contributed by atoms with E-state index in [0.717, 1.165) is 25.7 Å². The van der Waals surface area contributed by atoms with Gasteiger partial charge in [-0.3, -0.25) is 18.6 Å². The lowest BCUT2D eigenvalue weighted by Gasteiger charge is -2.18. The molecule has 0 aromatic heterocycles. The Morgan fingerprint density at radius 2 is 1.08 bits per heavy atom. The predicted molar refractivity (Wildman–Crippen MR) is 194 cm³/mol. The summed E-state index contributed by atoms with van der Waals surface area (Å²) >= 11 is 0. The fraction of sp³-hybridized carbons (Fsp3) is 0.865. The van der Waals surface area contributed by atoms with Gasteiger partial charge in [0.25, 0.3) is 0 Å². The van der Waals surface area contributed by atoms with E-state index in [9.17, 15) is 34.1 Å². The molecule has 0 radical (unpaired) electrons. The smallest absolute Gasteiger partial charge is 0.472 e. The molecule has 0 heterocycles. The number of phosphoric acid groups is 1. The van der Waals surface area contributed by atoms with Crippen molar-refractivity contribution < 1.29 is 47.8 Å². The standard InChI is InChI=1S/C37H70NO10P/c1-3-5-7-8-9-10-11-12-13-14-15-16-17-18-19-20-21-22-23-24-25-26-27-29-36(41)46-30-33(39)31-47-49(44,45)48-32-34(37(42)43)38-35(40)28-6-4-2/h12-13,33-34,39H,3-11,14-32H2,1-2H3,(H,38,40)(H,42,43)(H,44,45)/b13-12+. The number of carbonyl (C=O) groups is 3. The molecule has 3 unspecified atom stereocenters. The Kier molecular flexibility index (Phi) is 32.2. The molecule has 0 aromatic rings. The molecule has 0 aromatic carbocycles. The van der Waals surface area contributed by atoms with E-state index in [1.165, 1.54) is 109 Å². The van der Waals surface area contributed by atoms with E-state index in [-0.39, 0.29) is 12.8 Å². The van der Waals surface area contributed by atoms with Crippen molar-refractivity contribution in [3.8, 4) is 0 Å². The van der Waals surface area contributed by atoms with Crippen molar-refractivity contribution >= 4 is 25.7 Å². The highest BCUT2D eigenvalue weighted by atomic mass is 31.2. The van der Waals surface area contributed by atoms with Crippen molar-refractivity contribution in [1.29, 1.82) is 0 Å². The zero-order chi connectivity index (χ0) is 36.4. The Morgan fingerprint density at radius 3 is 1.57 bits per heavy atom. The molecule has 49 heavy (non-hydrogen) atoms. The minimum Gasteiger partial charge on any atom is -0.480 e. The van der Waals surface area contributed by atoms with Crippen LogP contribution in [0.25, 0.3) is 0 Å². The van der Waals surface area contributed by atoms with E-state index in [4.69, 9.17) is 4.74 Å². The maximum absolute atomic E-state index is 12.0. The van der Waals surface area contributed by atoms with Crippen molar-refractivity contribution in [3.05, 3.63) is 12.2 Å². The zero-order valence-electron chi connectivity index (χ0n) is 30.8. The number of carboxylic acid groups (broad SMARTS) is 1. The summed E-state index contributed by atoms with van der Waals surface area (Å²) in [6.45, 7) is 2.26. The molecule has 12 heteroatoms. The summed E-state index contributed by atoms with van der Waals surface area (Å²) in [5, 5.41) is 21.4. The normalized spacial score (nSPS) is 14.0. The van der Waals surface area contributed by atoms with Gasteiger partial charge in [0.15, 0.2) is 6.04 Å². The van der Waals surface area contributed by atoms with E-state index < -0.39 is 57.6 Å². The van der Waals surface area contributed by atoms with E-state index in [0.29, 0.717) is 12.8 Å². The molecule has 0 fully saturated rings. The molecular formula is C37H70NO10P. The van der Waals surface area contributed by atoms with Crippen LogP contribution in [0, 0.1) is 0 Å². The molecule has 0 rings (SSSR count). The third-order valence-corrected chi connectivity index (χ3v) is 9.26. The number of carbonyl (C=O) groups excluding carboxylic acids is 2. The molecule has 0 spiro atoms. The second-order valence-corrected chi connectivity index (χ2v) is 14.6. The van der Waals surface area contributed by atoms with Gasteiger partial charge in [-0.1, -0.05) is 135 Å². The number of allylic oxidation sites excluding steroid dienone is 2. The molecule has 0 bridgehead atoms. The fourth-order valence-electron chi connectivity index (χ4n) is 5.23. The number of hydrogen-bond donors (Lipinski definition) is 4. The molecule has 0 aliphatic heterocycles. The number of rotatable bonds is 36. The number of ether oxygens (including phenoxy) is 1. The first-order valence-corrected chi connectivity index (χ1v) is 20.7. The highest BCUT2D eigenvalue weighted by Gasteiger charge is 2.28. The van der Waals surface area contributed by atoms with Crippen LogP contribution in [0.3, 0.4) is 0 Å². The highest BCUT2D eigenvalue weighted by molar-refractivity contribution is 7.47. The van der Waals surface area contributed by atoms with Gasteiger partial charge in [-0.25, -0.2) is 9.36 Å². The van der Waals surface area contributed by atoms with E-state index in [2.05, 4.69) is 33.4 Å². The van der Waals surface area contributed by atoms with Crippen LogP contribution in [-0.4, -0.2) is 64.9 Å². The SMILES string of the molecule is CCCCCCCC/C=C/CCCCCCCCCCCCCCCC(=O)OCC(O)COP(=O)(O)OCC(NC(=O)CCCC)C(=O)O. The number of aliphatic carboxylic acids is 1. The monoisotopic (exact) mass is 719 g/mol. The third kappa shape index (κ3) is 33.1. The van der Waals surface area contributed by atoms with Gasteiger partial charge in [0.2, 0.25) is 5.91 Å². The maximum Gasteiger partial charge on any atom is 0.472 e. The summed E-state index contributed by atoms with van der Waals surface area (Å²) in [7, 11) is -4.72. The summed E-state index contributed by atoms with van der Waals surface area (Å²) in [4.78, 5) is 44.8. The highest BCUT2D eigenvalue weighted by Crippen LogP contribution is 2.43. The average molecular weight is 720 g/mol. The number of nitrogens with one attached hydrogen (secondary N) is 1. The van der Waals surface area contributed by atoms with Gasteiger partial charge in [0.1, 0.15) is 12.7 Å². The maximum atomic E-state index is 12.0. The lowest BCUT2D eigenvalue weighted by atomic mass is 10.0. The minimum absolute atomic E-state index is 0.122. The van der Waals surface area contributed by atoms with E-state index in [1.807, 2.05) is 6.92 Å². The lowest BCUT2D eigenvalue weighted by Crippen LogP contribution is -2.43. The van der Waals surface area contributed by atoms with Gasteiger partial charge in [0, 0.05) is 12.8 Å². The summed E-state index contributed by atoms with van der Waals surface area (Å²) in [5.41, 5.74) is 0. The van der Waals surface area contributed by atoms with Gasteiger partial charge in [-0.15, -0.1) is 0 Å². The van der Waals surface area contributed by atoms with Crippen molar-refractivity contribution in [3.63, 3.8) is 0 Å². The van der Waals surface area contributed by atoms with Crippen LogP contribution in [0.5, 0.6) is 0 Å². The summed E-state index contributed by atoms with van der Waals surface area (Å²) < 4.78 is 26.4. The van der Waals surface area contributed by atoms with E-state index >= 15 is 0 Å². The number of aliphatic hydroxyl groups excluding tert-OH is 1. The van der Waals surface area contributed by atoms with Crippen molar-refractivity contribution in [2.24, 2.45) is 0 Å². The predicted octanol–water partition coefficient (Wildman–Crippen LogP) is 8.94. The largest absolute Gasteiger partial charge is 0.480 e. The second kappa shape index (κ2) is 33.4. The molecule has 4 N–H and O–H groups in total. The Hall–Kier alpha value is -1.78. The van der Waals surface area contributed by atoms with E-state index in [1.54, 1.807) is 0 Å². The van der Waals surface area contributed by atoms with Gasteiger partial charge in [-0.2, -0.15) is 0 Å². The third-order valence-electron chi connectivity index (χ3n) is 8.30. The average Bonchev–Trinajstić information content (AvgIpc) is 3.07. The molecule has 0 aliphatic rings. The van der Waals surface area contributed by atoms with Gasteiger partial charge in [-0.05, 0) is 38.5 Å². The lowest BCUT2D eigenvalue weighted by molar-refractivity contribution is -0.147. The van der Waals surface area contributed by atoms with Crippen molar-refractivity contribution in [2.45, 2.75) is 187 Å². The first kappa shape index (κ1) is 47.2. The van der Waals surface area contributed by atoms with Crippen LogP contribution in [0.1, 0.15) is 174 Å². The molecule has 3 atom stereocenters. The molecular weight excluding hydrogens is 649 g/mol. The Morgan fingerprint density at radius 1 is 0.633 bits per heavy atom. The number of phosphoric ester groups is 1. The van der Waals surface area contributed by atoms with Gasteiger partial charge < -0.3 is 25.2 Å². The van der Waals surface area contributed by atoms with Crippen LogP contribution in [-0.2, 0) is 32.7 Å². The number of aliphatic hydroxyl groups is 1. The molecule has 0 saturated carbocycles. The first-order chi connectivity index (χ1) is 23.6. The molecule has 1 amide bonds. The van der Waals surface area contributed by atoms with Crippen molar-refractivity contribution in [1.82, 2.24) is 5.32 Å². The van der Waals surface area contributed by atoms with Crippen LogP contribution in [0.4, 0.5) is 0 Å². The number of hydrogen-bond acceptors (Lipinski definition) is 8. The van der Waals surface area contributed by atoms with Crippen LogP contribution < -0.4 is 5.32 Å². The molecule has 0 aliphatic carbocycles. The van der Waals surface area contributed by atoms with Crippen molar-refractivity contribution in [2.75, 3.05) is 19.8 Å². The Labute approximate surface area is 296 Å². The molecule has 288 valence electrons. The van der Waals surface area contributed by atoms with Gasteiger partial charge >= 0.3 is 19.8 Å². The summed E-state index contributed by atoms with van der Waals surface area (Å²) in [6, 6.07) is -1.54. The summed E-state index contributed by atoms with van der Waals surface area (Å²) in [5.74, 6) is -2.42. The first-order valence-electron chi connectivity index (χ1n) is 19.2. The number of amides is 1. The minimum atomic E-state index is -4.72. The topological polar surface area (TPSA) is 169 Å². The quantitative estimate of drug-likeness (QED) is 0.0212. The van der Waals surface area contributed by atoms with Crippen LogP contribution >= 0.6 is 7.82 Å².